The fraction of sp³-hybridized carbons (Fsp3) is 0.647. The van der Waals surface area contributed by atoms with E-state index in [1.165, 1.54) is 24.3 Å². The highest BCUT2D eigenvalue weighted by Gasteiger charge is 2.31. The molecule has 6 heteroatoms. The smallest absolute Gasteiger partial charge is 0.490 e. The lowest BCUT2D eigenvalue weighted by Crippen LogP contribution is -2.48. The Kier molecular flexibility index (Phi) is 5.79. The summed E-state index contributed by atoms with van der Waals surface area (Å²) in [6.07, 6.45) is -1.63. The van der Waals surface area contributed by atoms with Crippen LogP contribution in [0.1, 0.15) is 40.0 Å². The Hall–Kier alpha value is -1.43. The summed E-state index contributed by atoms with van der Waals surface area (Å²) in [7, 11) is 0. The second kappa shape index (κ2) is 7.43. The fourth-order valence-electron chi connectivity index (χ4n) is 3.13. The Morgan fingerprint density at radius 2 is 1.78 bits per heavy atom. The molecule has 0 N–H and O–H groups in total. The van der Waals surface area contributed by atoms with Gasteiger partial charge in [-0.1, -0.05) is 6.92 Å². The van der Waals surface area contributed by atoms with Crippen LogP contribution in [-0.4, -0.2) is 36.0 Å². The minimum Gasteiger partial charge on any atom is -0.490 e. The van der Waals surface area contributed by atoms with Gasteiger partial charge in [0, 0.05) is 18.6 Å². The lowest BCUT2D eigenvalue weighted by Gasteiger charge is -2.41. The number of hydrogen-bond donors (Lipinski definition) is 0. The normalized spacial score (nSPS) is 23.1. The summed E-state index contributed by atoms with van der Waals surface area (Å²) in [6.45, 7) is 7.55. The zero-order chi connectivity index (χ0) is 17.0. The van der Waals surface area contributed by atoms with Gasteiger partial charge in [-0.05, 0) is 57.4 Å². The molecule has 0 amide bonds. The zero-order valence-corrected chi connectivity index (χ0v) is 13.8. The van der Waals surface area contributed by atoms with E-state index < -0.39 is 6.36 Å². The molecule has 2 unspecified atom stereocenters. The zero-order valence-electron chi connectivity index (χ0n) is 13.8. The van der Waals surface area contributed by atoms with Gasteiger partial charge in [0.2, 0.25) is 0 Å². The van der Waals surface area contributed by atoms with E-state index in [9.17, 15) is 13.2 Å². The number of halogens is 3. The van der Waals surface area contributed by atoms with Crippen LogP contribution in [0.5, 0.6) is 11.5 Å². The first kappa shape index (κ1) is 17.9. The largest absolute Gasteiger partial charge is 0.573 e. The lowest BCUT2D eigenvalue weighted by atomic mass is 9.96. The van der Waals surface area contributed by atoms with Crippen LogP contribution in [0.4, 0.5) is 13.2 Å². The molecule has 0 aliphatic carbocycles. The summed E-state index contributed by atoms with van der Waals surface area (Å²) in [5, 5.41) is 0. The SMILES string of the molecule is CCC1CC(Oc2ccc(OC(F)(F)F)cc2)CCN1C(C)C. The van der Waals surface area contributed by atoms with E-state index in [2.05, 4.69) is 30.4 Å². The van der Waals surface area contributed by atoms with Gasteiger partial charge in [0.1, 0.15) is 17.6 Å². The van der Waals surface area contributed by atoms with Crippen molar-refractivity contribution < 1.29 is 22.6 Å². The van der Waals surface area contributed by atoms with Crippen molar-refractivity contribution in [1.82, 2.24) is 4.90 Å². The number of benzene rings is 1. The monoisotopic (exact) mass is 331 g/mol. The first-order valence-corrected chi connectivity index (χ1v) is 8.06. The van der Waals surface area contributed by atoms with Gasteiger partial charge < -0.3 is 9.47 Å². The average molecular weight is 331 g/mol. The second-order valence-corrected chi connectivity index (χ2v) is 6.18. The van der Waals surface area contributed by atoms with Crippen molar-refractivity contribution in [3.05, 3.63) is 24.3 Å². The number of hydrogen-bond acceptors (Lipinski definition) is 3. The van der Waals surface area contributed by atoms with Crippen molar-refractivity contribution >= 4 is 0 Å². The summed E-state index contributed by atoms with van der Waals surface area (Å²) >= 11 is 0. The summed E-state index contributed by atoms with van der Waals surface area (Å²) in [5.74, 6) is 0.350. The molecule has 0 aromatic heterocycles. The summed E-state index contributed by atoms with van der Waals surface area (Å²) in [4.78, 5) is 2.49. The van der Waals surface area contributed by atoms with Gasteiger partial charge in [0.25, 0.3) is 0 Å². The molecule has 0 radical (unpaired) electrons. The van der Waals surface area contributed by atoms with Crippen LogP contribution in [-0.2, 0) is 0 Å². The van der Waals surface area contributed by atoms with Gasteiger partial charge in [-0.3, -0.25) is 4.90 Å². The molecule has 1 aromatic rings. The molecule has 1 aliphatic heterocycles. The van der Waals surface area contributed by atoms with Gasteiger partial charge in [0.15, 0.2) is 0 Å². The third-order valence-corrected chi connectivity index (χ3v) is 4.21. The van der Waals surface area contributed by atoms with E-state index in [0.29, 0.717) is 17.8 Å². The Labute approximate surface area is 135 Å². The van der Waals surface area contributed by atoms with E-state index in [0.717, 1.165) is 25.8 Å². The topological polar surface area (TPSA) is 21.7 Å². The number of ether oxygens (including phenoxy) is 2. The highest BCUT2D eigenvalue weighted by Crippen LogP contribution is 2.28. The van der Waals surface area contributed by atoms with Crippen molar-refractivity contribution in [1.29, 1.82) is 0 Å². The molecule has 23 heavy (non-hydrogen) atoms. The van der Waals surface area contributed by atoms with Gasteiger partial charge in [-0.15, -0.1) is 13.2 Å². The molecule has 130 valence electrons. The molecule has 0 saturated carbocycles. The number of alkyl halides is 3. The average Bonchev–Trinajstić information content (AvgIpc) is 2.47. The minimum atomic E-state index is -4.67. The predicted molar refractivity (Wildman–Crippen MR) is 82.7 cm³/mol. The molecule has 1 aromatic carbocycles. The predicted octanol–water partition coefficient (Wildman–Crippen LogP) is 4.62. The molecule has 1 fully saturated rings. The molecule has 2 atom stereocenters. The summed E-state index contributed by atoms with van der Waals surface area (Å²) < 4.78 is 46.2. The summed E-state index contributed by atoms with van der Waals surface area (Å²) in [5.41, 5.74) is 0. The molecular weight excluding hydrogens is 307 g/mol. The Bertz CT molecular complexity index is 488. The first-order chi connectivity index (χ1) is 10.8. The fourth-order valence-corrected chi connectivity index (χ4v) is 3.13. The Morgan fingerprint density at radius 1 is 1.17 bits per heavy atom. The third kappa shape index (κ3) is 5.30. The van der Waals surface area contributed by atoms with Crippen LogP contribution < -0.4 is 9.47 Å². The van der Waals surface area contributed by atoms with E-state index in [1.54, 1.807) is 0 Å². The maximum atomic E-state index is 12.1. The quantitative estimate of drug-likeness (QED) is 0.786. The molecule has 0 spiro atoms. The summed E-state index contributed by atoms with van der Waals surface area (Å²) in [6, 6.07) is 6.61. The minimum absolute atomic E-state index is 0.101. The van der Waals surface area contributed by atoms with Crippen molar-refractivity contribution in [3.63, 3.8) is 0 Å². The van der Waals surface area contributed by atoms with Crippen LogP contribution >= 0.6 is 0 Å². The van der Waals surface area contributed by atoms with Crippen LogP contribution in [0.3, 0.4) is 0 Å². The van der Waals surface area contributed by atoms with Crippen LogP contribution in [0.2, 0.25) is 0 Å². The third-order valence-electron chi connectivity index (χ3n) is 4.21. The van der Waals surface area contributed by atoms with Crippen LogP contribution in [0.15, 0.2) is 24.3 Å². The molecule has 1 heterocycles. The highest BCUT2D eigenvalue weighted by molar-refractivity contribution is 5.31. The van der Waals surface area contributed by atoms with Crippen LogP contribution in [0.25, 0.3) is 0 Å². The molecule has 1 saturated heterocycles. The first-order valence-electron chi connectivity index (χ1n) is 8.06. The van der Waals surface area contributed by atoms with E-state index >= 15 is 0 Å². The van der Waals surface area contributed by atoms with Gasteiger partial charge in [-0.2, -0.15) is 0 Å². The molecule has 2 rings (SSSR count). The number of nitrogens with zero attached hydrogens (tertiary/aromatic N) is 1. The Balaban J connectivity index is 1.92. The van der Waals surface area contributed by atoms with E-state index in [1.807, 2.05) is 0 Å². The molecule has 0 bridgehead atoms. The van der Waals surface area contributed by atoms with Crippen molar-refractivity contribution in [2.45, 2.75) is 64.6 Å². The van der Waals surface area contributed by atoms with E-state index in [-0.39, 0.29) is 11.9 Å². The maximum absolute atomic E-state index is 12.1. The lowest BCUT2D eigenvalue weighted by molar-refractivity contribution is -0.274. The number of rotatable bonds is 5. The van der Waals surface area contributed by atoms with Crippen molar-refractivity contribution in [2.75, 3.05) is 6.54 Å². The van der Waals surface area contributed by atoms with Crippen molar-refractivity contribution in [3.8, 4) is 11.5 Å². The van der Waals surface area contributed by atoms with Gasteiger partial charge >= 0.3 is 6.36 Å². The molecule has 1 aliphatic rings. The number of likely N-dealkylation sites (tertiary alicyclic amines) is 1. The van der Waals surface area contributed by atoms with Gasteiger partial charge in [-0.25, -0.2) is 0 Å². The van der Waals surface area contributed by atoms with Gasteiger partial charge in [0.05, 0.1) is 0 Å². The standard InChI is InChI=1S/C17H24F3NO2/c1-4-13-11-16(9-10-21(13)12(2)3)22-14-5-7-15(8-6-14)23-17(18,19)20/h5-8,12-13,16H,4,9-11H2,1-3H3. The van der Waals surface area contributed by atoms with Crippen LogP contribution in [0, 0.1) is 0 Å². The van der Waals surface area contributed by atoms with E-state index in [4.69, 9.17) is 4.74 Å². The highest BCUT2D eigenvalue weighted by atomic mass is 19.4. The molecular formula is C17H24F3NO2. The maximum Gasteiger partial charge on any atom is 0.573 e. The second-order valence-electron chi connectivity index (χ2n) is 6.18. The van der Waals surface area contributed by atoms with Crippen molar-refractivity contribution in [2.24, 2.45) is 0 Å². The Morgan fingerprint density at radius 3 is 2.30 bits per heavy atom. The number of piperidine rings is 1. The molecule has 3 nitrogen and oxygen atoms in total.